The van der Waals surface area contributed by atoms with Crippen LogP contribution in [-0.4, -0.2) is 11.7 Å². The molecule has 0 N–H and O–H groups in total. The molecule has 0 aliphatic rings. The Morgan fingerprint density at radius 1 is 1.05 bits per heavy atom. The lowest BCUT2D eigenvalue weighted by Gasteiger charge is -2.13. The third-order valence-corrected chi connectivity index (χ3v) is 2.16. The van der Waals surface area contributed by atoms with E-state index in [1.807, 2.05) is 66.2 Å². The Kier molecular flexibility index (Phi) is 17.8. The summed E-state index contributed by atoms with van der Waals surface area (Å²) in [6.07, 6.45) is 1.83. The zero-order valence-electron chi connectivity index (χ0n) is 14.5. The fourth-order valence-corrected chi connectivity index (χ4v) is 1.46. The maximum atomic E-state index is 11.5. The van der Waals surface area contributed by atoms with Crippen LogP contribution in [0.4, 0.5) is 0 Å². The van der Waals surface area contributed by atoms with Crippen molar-refractivity contribution >= 4 is 0 Å². The van der Waals surface area contributed by atoms with Gasteiger partial charge < -0.3 is 9.30 Å². The second-order valence-electron chi connectivity index (χ2n) is 3.06. The number of hydrogen-bond acceptors (Lipinski definition) is 2. The van der Waals surface area contributed by atoms with Crippen molar-refractivity contribution in [2.75, 3.05) is 7.11 Å². The van der Waals surface area contributed by atoms with Gasteiger partial charge >= 0.3 is 0 Å². The molecule has 3 nitrogen and oxygen atoms in total. The van der Waals surface area contributed by atoms with Crippen molar-refractivity contribution in [3.8, 4) is 5.88 Å². The van der Waals surface area contributed by atoms with E-state index in [9.17, 15) is 4.79 Å². The van der Waals surface area contributed by atoms with Crippen LogP contribution in [0.2, 0.25) is 0 Å². The first-order valence-corrected chi connectivity index (χ1v) is 7.36. The van der Waals surface area contributed by atoms with E-state index < -0.39 is 0 Å². The fourth-order valence-electron chi connectivity index (χ4n) is 1.46. The van der Waals surface area contributed by atoms with E-state index in [4.69, 9.17) is 4.74 Å². The molecular weight excluding hydrogens is 238 g/mol. The van der Waals surface area contributed by atoms with Crippen molar-refractivity contribution < 1.29 is 4.74 Å². The topological polar surface area (TPSA) is 31.2 Å². The van der Waals surface area contributed by atoms with E-state index in [2.05, 4.69) is 0 Å². The number of hydrogen-bond donors (Lipinski definition) is 0. The smallest absolute Gasteiger partial charge is 0.200 e. The largest absolute Gasteiger partial charge is 0.482 e. The third kappa shape index (κ3) is 7.04. The Hall–Kier alpha value is -1.25. The molecule has 1 rings (SSSR count). The predicted octanol–water partition coefficient (Wildman–Crippen LogP) is 4.57. The summed E-state index contributed by atoms with van der Waals surface area (Å²) in [5.41, 5.74) is 1.52. The molecule has 19 heavy (non-hydrogen) atoms. The summed E-state index contributed by atoms with van der Waals surface area (Å²) >= 11 is 0. The van der Waals surface area contributed by atoms with E-state index in [0.29, 0.717) is 11.4 Å². The molecule has 0 fully saturated rings. The molecule has 3 heteroatoms. The van der Waals surface area contributed by atoms with Crippen LogP contribution in [0.1, 0.15) is 59.6 Å². The van der Waals surface area contributed by atoms with Gasteiger partial charge in [-0.1, -0.05) is 41.5 Å². The van der Waals surface area contributed by atoms with E-state index in [1.54, 1.807) is 14.0 Å². The molecule has 0 aliphatic heterocycles. The van der Waals surface area contributed by atoms with Crippen LogP contribution in [0.15, 0.2) is 11.0 Å². The number of ether oxygens (including phenoxy) is 1. The molecule has 0 saturated carbocycles. The van der Waals surface area contributed by atoms with Gasteiger partial charge in [-0.3, -0.25) is 4.79 Å². The van der Waals surface area contributed by atoms with E-state index in [-0.39, 0.29) is 5.43 Å². The van der Waals surface area contributed by atoms with Crippen LogP contribution in [0, 0.1) is 13.8 Å². The number of aryl methyl sites for hydroxylation is 2. The summed E-state index contributed by atoms with van der Waals surface area (Å²) in [6, 6.07) is 0. The number of rotatable bonds is 2. The number of methoxy groups -OCH3 is 1. The molecule has 1 aromatic heterocycles. The lowest BCUT2D eigenvalue weighted by atomic mass is 10.2. The lowest BCUT2D eigenvalue weighted by molar-refractivity contribution is 0.366. The lowest BCUT2D eigenvalue weighted by Crippen LogP contribution is -2.16. The zero-order chi connectivity index (χ0) is 16.0. The average Bonchev–Trinajstić information content (AvgIpc) is 2.50. The van der Waals surface area contributed by atoms with Crippen LogP contribution in [-0.2, 0) is 6.54 Å². The van der Waals surface area contributed by atoms with Gasteiger partial charge in [-0.15, -0.1) is 0 Å². The summed E-state index contributed by atoms with van der Waals surface area (Å²) in [6.45, 7) is 18.4. The van der Waals surface area contributed by atoms with Gasteiger partial charge in [0.15, 0.2) is 11.3 Å². The Morgan fingerprint density at radius 3 is 1.79 bits per heavy atom. The van der Waals surface area contributed by atoms with Gasteiger partial charge in [0.2, 0.25) is 0 Å². The van der Waals surface area contributed by atoms with E-state index in [1.165, 1.54) is 0 Å². The molecule has 0 spiro atoms. The van der Waals surface area contributed by atoms with Gasteiger partial charge in [0.25, 0.3) is 0 Å². The Balaban J connectivity index is -0.000000375. The number of nitrogens with zero attached hydrogens (tertiary/aromatic N) is 1. The highest BCUT2D eigenvalue weighted by Crippen LogP contribution is 2.14. The molecule has 0 bridgehead atoms. The third-order valence-electron chi connectivity index (χ3n) is 2.16. The normalized spacial score (nSPS) is 7.89. The highest BCUT2D eigenvalue weighted by atomic mass is 16.5. The van der Waals surface area contributed by atoms with Gasteiger partial charge in [-0.2, -0.15) is 0 Å². The second-order valence-corrected chi connectivity index (χ2v) is 3.06. The molecule has 1 aromatic rings. The molecule has 0 unspecified atom stereocenters. The molecule has 0 saturated heterocycles. The zero-order valence-corrected chi connectivity index (χ0v) is 14.5. The summed E-state index contributed by atoms with van der Waals surface area (Å²) in [4.78, 5) is 11.5. The van der Waals surface area contributed by atoms with Gasteiger partial charge in [0.1, 0.15) is 0 Å². The Bertz CT molecular complexity index is 368. The summed E-state index contributed by atoms with van der Waals surface area (Å²) < 4.78 is 7.10. The summed E-state index contributed by atoms with van der Waals surface area (Å²) in [7, 11) is 1.59. The van der Waals surface area contributed by atoms with Crippen molar-refractivity contribution in [3.63, 3.8) is 0 Å². The standard InChI is InChI=1S/C10H15NO2.3C2H6/c1-5-11-6-7(2)9(12)8(3)10(11)13-4;3*1-2/h6H,5H2,1-4H3;3*1-2H3. The van der Waals surface area contributed by atoms with Crippen molar-refractivity contribution in [1.29, 1.82) is 0 Å². The van der Waals surface area contributed by atoms with Gasteiger partial charge in [-0.25, -0.2) is 0 Å². The monoisotopic (exact) mass is 271 g/mol. The molecule has 0 amide bonds. The van der Waals surface area contributed by atoms with Crippen LogP contribution in [0.3, 0.4) is 0 Å². The van der Waals surface area contributed by atoms with Crippen molar-refractivity contribution in [3.05, 3.63) is 27.5 Å². The average molecular weight is 271 g/mol. The first-order chi connectivity index (χ1) is 9.11. The first-order valence-electron chi connectivity index (χ1n) is 7.36. The molecule has 0 radical (unpaired) electrons. The maximum absolute atomic E-state index is 11.5. The van der Waals surface area contributed by atoms with Gasteiger partial charge in [0.05, 0.1) is 12.7 Å². The Labute approximate surface area is 119 Å². The molecule has 0 aliphatic carbocycles. The Morgan fingerprint density at radius 2 is 1.47 bits per heavy atom. The molecule has 0 atom stereocenters. The number of pyridine rings is 1. The highest BCUT2D eigenvalue weighted by Gasteiger charge is 2.08. The SMILES string of the molecule is CC.CC.CC.CCn1cc(C)c(=O)c(C)c1OC. The predicted molar refractivity (Wildman–Crippen MR) is 86.4 cm³/mol. The molecule has 1 heterocycles. The fraction of sp³-hybridized carbons (Fsp3) is 0.688. The van der Waals surface area contributed by atoms with E-state index in [0.717, 1.165) is 12.1 Å². The van der Waals surface area contributed by atoms with Crippen LogP contribution in [0.5, 0.6) is 5.88 Å². The maximum Gasteiger partial charge on any atom is 0.200 e. The van der Waals surface area contributed by atoms with Crippen LogP contribution < -0.4 is 10.2 Å². The molecular formula is C16H33NO2. The van der Waals surface area contributed by atoms with Crippen molar-refractivity contribution in [1.82, 2.24) is 4.57 Å². The summed E-state index contributed by atoms with van der Waals surface area (Å²) in [5, 5.41) is 0. The minimum Gasteiger partial charge on any atom is -0.482 e. The number of aromatic nitrogens is 1. The first kappa shape index (κ1) is 22.9. The molecule has 114 valence electrons. The second kappa shape index (κ2) is 14.8. The quantitative estimate of drug-likeness (QED) is 0.789. The van der Waals surface area contributed by atoms with Crippen molar-refractivity contribution in [2.24, 2.45) is 0 Å². The van der Waals surface area contributed by atoms with Gasteiger partial charge in [-0.05, 0) is 20.8 Å². The van der Waals surface area contributed by atoms with Crippen LogP contribution >= 0.6 is 0 Å². The minimum absolute atomic E-state index is 0.0709. The van der Waals surface area contributed by atoms with Gasteiger partial charge in [0, 0.05) is 18.3 Å². The molecule has 0 aromatic carbocycles. The van der Waals surface area contributed by atoms with Crippen molar-refractivity contribution in [2.45, 2.75) is 68.9 Å². The summed E-state index contributed by atoms with van der Waals surface area (Å²) in [5.74, 6) is 0.665. The highest BCUT2D eigenvalue weighted by molar-refractivity contribution is 5.29. The van der Waals surface area contributed by atoms with E-state index >= 15 is 0 Å². The van der Waals surface area contributed by atoms with Crippen LogP contribution in [0.25, 0.3) is 0 Å². The minimum atomic E-state index is 0.0709.